The molecule has 114 valence electrons. The second kappa shape index (κ2) is 7.06. The third-order valence-electron chi connectivity index (χ3n) is 3.11. The SMILES string of the molecule is CCn1cnc(S(=O)(=O)N(CCCl)Cc2ccccc2)c1. The van der Waals surface area contributed by atoms with Crippen LogP contribution in [0.15, 0.2) is 47.9 Å². The predicted molar refractivity (Wildman–Crippen MR) is 82.7 cm³/mol. The molecule has 0 unspecified atom stereocenters. The van der Waals surface area contributed by atoms with Crippen LogP contribution in [-0.4, -0.2) is 34.7 Å². The van der Waals surface area contributed by atoms with Gasteiger partial charge in [0, 0.05) is 31.7 Å². The van der Waals surface area contributed by atoms with Gasteiger partial charge in [-0.15, -0.1) is 11.6 Å². The number of benzene rings is 1. The summed E-state index contributed by atoms with van der Waals surface area (Å²) in [4.78, 5) is 3.99. The van der Waals surface area contributed by atoms with Gasteiger partial charge in [-0.2, -0.15) is 4.31 Å². The number of rotatable bonds is 7. The van der Waals surface area contributed by atoms with Crippen molar-refractivity contribution in [3.8, 4) is 0 Å². The summed E-state index contributed by atoms with van der Waals surface area (Å²) in [7, 11) is -3.63. The molecule has 0 atom stereocenters. The van der Waals surface area contributed by atoms with Crippen LogP contribution in [0.3, 0.4) is 0 Å². The van der Waals surface area contributed by atoms with E-state index in [-0.39, 0.29) is 24.0 Å². The Morgan fingerprint density at radius 3 is 2.57 bits per heavy atom. The highest BCUT2D eigenvalue weighted by atomic mass is 35.5. The van der Waals surface area contributed by atoms with Crippen LogP contribution in [0, 0.1) is 0 Å². The van der Waals surface area contributed by atoms with E-state index in [1.807, 2.05) is 37.3 Å². The summed E-state index contributed by atoms with van der Waals surface area (Å²) in [5.74, 6) is 0.237. The Balaban J connectivity index is 2.27. The van der Waals surface area contributed by atoms with Crippen LogP contribution in [0.25, 0.3) is 0 Å². The lowest BCUT2D eigenvalue weighted by molar-refractivity contribution is 0.423. The first-order chi connectivity index (χ1) is 10.1. The van der Waals surface area contributed by atoms with E-state index in [9.17, 15) is 8.42 Å². The van der Waals surface area contributed by atoms with Crippen LogP contribution in [0.5, 0.6) is 0 Å². The topological polar surface area (TPSA) is 55.2 Å². The van der Waals surface area contributed by atoms with Crippen molar-refractivity contribution < 1.29 is 8.42 Å². The number of nitrogens with zero attached hydrogens (tertiary/aromatic N) is 3. The maximum absolute atomic E-state index is 12.6. The van der Waals surface area contributed by atoms with Gasteiger partial charge in [-0.25, -0.2) is 13.4 Å². The third kappa shape index (κ3) is 3.84. The fraction of sp³-hybridized carbons (Fsp3) is 0.357. The predicted octanol–water partition coefficient (Wildman–Crippen LogP) is 2.33. The van der Waals surface area contributed by atoms with Crippen LogP contribution >= 0.6 is 11.6 Å². The molecule has 0 fully saturated rings. The molecule has 0 aliphatic carbocycles. The summed E-state index contributed by atoms with van der Waals surface area (Å²) in [6.45, 7) is 3.14. The lowest BCUT2D eigenvalue weighted by atomic mass is 10.2. The molecular weight excluding hydrogens is 310 g/mol. The standard InChI is InChI=1S/C14H18ClN3O2S/c1-2-17-11-14(16-12-17)21(19,20)18(9-8-15)10-13-6-4-3-5-7-13/h3-7,11-12H,2,8-10H2,1H3. The van der Waals surface area contributed by atoms with Gasteiger partial charge in [0.15, 0.2) is 5.03 Å². The Hall–Kier alpha value is -1.37. The van der Waals surface area contributed by atoms with Crippen molar-refractivity contribution in [3.05, 3.63) is 48.4 Å². The van der Waals surface area contributed by atoms with Gasteiger partial charge in [-0.05, 0) is 12.5 Å². The average molecular weight is 328 g/mol. The molecule has 2 aromatic rings. The Labute approximate surface area is 130 Å². The minimum Gasteiger partial charge on any atom is -0.336 e. The number of aromatic nitrogens is 2. The molecule has 0 N–H and O–H groups in total. The van der Waals surface area contributed by atoms with Gasteiger partial charge in [0.05, 0.1) is 6.33 Å². The molecule has 0 amide bonds. The minimum atomic E-state index is -3.63. The molecule has 21 heavy (non-hydrogen) atoms. The fourth-order valence-electron chi connectivity index (χ4n) is 1.94. The van der Waals surface area contributed by atoms with E-state index in [0.29, 0.717) is 6.54 Å². The van der Waals surface area contributed by atoms with E-state index in [0.717, 1.165) is 5.56 Å². The number of hydrogen-bond donors (Lipinski definition) is 0. The van der Waals surface area contributed by atoms with Crippen LogP contribution in [0.4, 0.5) is 0 Å². The van der Waals surface area contributed by atoms with Crippen molar-refractivity contribution in [2.24, 2.45) is 0 Å². The van der Waals surface area contributed by atoms with Crippen LogP contribution in [0.1, 0.15) is 12.5 Å². The molecule has 0 aliphatic heterocycles. The average Bonchev–Trinajstić information content (AvgIpc) is 2.97. The van der Waals surface area contributed by atoms with Crippen molar-refractivity contribution in [1.82, 2.24) is 13.9 Å². The molecule has 0 aliphatic rings. The van der Waals surface area contributed by atoms with Gasteiger partial charge in [0.1, 0.15) is 0 Å². The smallest absolute Gasteiger partial charge is 0.262 e. The van der Waals surface area contributed by atoms with Crippen LogP contribution in [-0.2, 0) is 23.1 Å². The molecule has 1 aromatic heterocycles. The highest BCUT2D eigenvalue weighted by Crippen LogP contribution is 2.17. The van der Waals surface area contributed by atoms with Crippen molar-refractivity contribution in [2.75, 3.05) is 12.4 Å². The second-order valence-corrected chi connectivity index (χ2v) is 6.82. The van der Waals surface area contributed by atoms with Gasteiger partial charge in [-0.3, -0.25) is 0 Å². The third-order valence-corrected chi connectivity index (χ3v) is 5.01. The molecule has 2 rings (SSSR count). The fourth-order valence-corrected chi connectivity index (χ4v) is 3.61. The molecule has 0 spiro atoms. The Morgan fingerprint density at radius 1 is 1.29 bits per heavy atom. The molecule has 0 saturated carbocycles. The second-order valence-electron chi connectivity index (χ2n) is 4.56. The van der Waals surface area contributed by atoms with E-state index in [2.05, 4.69) is 4.98 Å². The molecule has 5 nitrogen and oxygen atoms in total. The van der Waals surface area contributed by atoms with Crippen molar-refractivity contribution in [2.45, 2.75) is 25.0 Å². The quantitative estimate of drug-likeness (QED) is 0.733. The van der Waals surface area contributed by atoms with E-state index < -0.39 is 10.0 Å². The van der Waals surface area contributed by atoms with Gasteiger partial charge < -0.3 is 4.57 Å². The van der Waals surface area contributed by atoms with Crippen LogP contribution in [0.2, 0.25) is 0 Å². The Morgan fingerprint density at radius 2 is 2.00 bits per heavy atom. The number of halogens is 1. The molecule has 0 saturated heterocycles. The number of hydrogen-bond acceptors (Lipinski definition) is 3. The van der Waals surface area contributed by atoms with Gasteiger partial charge in [0.25, 0.3) is 10.0 Å². The zero-order chi connectivity index (χ0) is 15.3. The first kappa shape index (κ1) is 16.0. The van der Waals surface area contributed by atoms with Crippen molar-refractivity contribution in [3.63, 3.8) is 0 Å². The first-order valence-electron chi connectivity index (χ1n) is 6.69. The number of aryl methyl sites for hydroxylation is 1. The summed E-state index contributed by atoms with van der Waals surface area (Å²) in [5, 5.41) is 0.0606. The number of imidazole rings is 1. The summed E-state index contributed by atoms with van der Waals surface area (Å²) < 4.78 is 28.4. The molecular formula is C14H18ClN3O2S. The highest BCUT2D eigenvalue weighted by Gasteiger charge is 2.26. The Kier molecular flexibility index (Phi) is 5.39. The van der Waals surface area contributed by atoms with E-state index >= 15 is 0 Å². The summed E-state index contributed by atoms with van der Waals surface area (Å²) >= 11 is 5.76. The van der Waals surface area contributed by atoms with E-state index in [1.165, 1.54) is 10.6 Å². The zero-order valence-corrected chi connectivity index (χ0v) is 13.4. The maximum atomic E-state index is 12.6. The molecule has 7 heteroatoms. The van der Waals surface area contributed by atoms with E-state index in [1.54, 1.807) is 10.8 Å². The number of alkyl halides is 1. The minimum absolute atomic E-state index is 0.0606. The first-order valence-corrected chi connectivity index (χ1v) is 8.67. The van der Waals surface area contributed by atoms with Gasteiger partial charge in [-0.1, -0.05) is 30.3 Å². The molecule has 1 aromatic carbocycles. The zero-order valence-electron chi connectivity index (χ0n) is 11.8. The normalized spacial score (nSPS) is 12.0. The molecule has 1 heterocycles. The van der Waals surface area contributed by atoms with Crippen molar-refractivity contribution in [1.29, 1.82) is 0 Å². The monoisotopic (exact) mass is 327 g/mol. The maximum Gasteiger partial charge on any atom is 0.262 e. The van der Waals surface area contributed by atoms with Crippen molar-refractivity contribution >= 4 is 21.6 Å². The lowest BCUT2D eigenvalue weighted by Crippen LogP contribution is -2.32. The molecule has 0 radical (unpaired) electrons. The van der Waals surface area contributed by atoms with Gasteiger partial charge >= 0.3 is 0 Å². The Bertz CT molecular complexity index is 671. The van der Waals surface area contributed by atoms with Crippen LogP contribution < -0.4 is 0 Å². The van der Waals surface area contributed by atoms with E-state index in [4.69, 9.17) is 11.6 Å². The summed E-state index contributed by atoms with van der Waals surface area (Å²) in [5.41, 5.74) is 0.918. The summed E-state index contributed by atoms with van der Waals surface area (Å²) in [6, 6.07) is 9.44. The number of sulfonamides is 1. The largest absolute Gasteiger partial charge is 0.336 e. The molecule has 0 bridgehead atoms. The van der Waals surface area contributed by atoms with Gasteiger partial charge in [0.2, 0.25) is 0 Å². The highest BCUT2D eigenvalue weighted by molar-refractivity contribution is 7.89. The summed E-state index contributed by atoms with van der Waals surface area (Å²) in [6.07, 6.45) is 3.07. The lowest BCUT2D eigenvalue weighted by Gasteiger charge is -2.20.